The van der Waals surface area contributed by atoms with Gasteiger partial charge in [-0.15, -0.1) is 0 Å². The summed E-state index contributed by atoms with van der Waals surface area (Å²) in [5.41, 5.74) is -0.873. The summed E-state index contributed by atoms with van der Waals surface area (Å²) < 4.78 is 17.1. The molecule has 24 heavy (non-hydrogen) atoms. The molecule has 4 nitrogen and oxygen atoms in total. The molecule has 0 saturated carbocycles. The van der Waals surface area contributed by atoms with E-state index in [2.05, 4.69) is 27.7 Å². The van der Waals surface area contributed by atoms with Gasteiger partial charge in [-0.1, -0.05) is 41.0 Å². The molecule has 0 aromatic carbocycles. The van der Waals surface area contributed by atoms with Gasteiger partial charge in [0.05, 0.1) is 18.8 Å². The highest BCUT2D eigenvalue weighted by Crippen LogP contribution is 2.21. The third kappa shape index (κ3) is 9.63. The quantitative estimate of drug-likeness (QED) is 0.441. The lowest BCUT2D eigenvalue weighted by Gasteiger charge is -2.29. The number of hydrogen-bond donors (Lipinski definition) is 0. The van der Waals surface area contributed by atoms with Crippen molar-refractivity contribution in [1.82, 2.24) is 0 Å². The van der Waals surface area contributed by atoms with Crippen molar-refractivity contribution >= 4 is 5.97 Å². The van der Waals surface area contributed by atoms with Crippen molar-refractivity contribution in [2.45, 2.75) is 98.9 Å². The molecule has 0 heterocycles. The fourth-order valence-corrected chi connectivity index (χ4v) is 2.21. The van der Waals surface area contributed by atoms with Crippen LogP contribution in [0.25, 0.3) is 0 Å². The van der Waals surface area contributed by atoms with Gasteiger partial charge in [-0.3, -0.25) is 0 Å². The Hall–Kier alpha value is -0.610. The van der Waals surface area contributed by atoms with E-state index in [9.17, 15) is 4.79 Å². The van der Waals surface area contributed by atoms with Crippen molar-refractivity contribution in [3.63, 3.8) is 0 Å². The predicted molar refractivity (Wildman–Crippen MR) is 99.1 cm³/mol. The average Bonchev–Trinajstić information content (AvgIpc) is 2.55. The van der Waals surface area contributed by atoms with Crippen LogP contribution in [0.3, 0.4) is 0 Å². The standard InChI is InChI=1S/C20H40O4/c1-9-17(6)24-18(7)14-22-19(21)20(8,10-2)23-13-16(5)12-11-15(3)4/h15-18H,9-14H2,1-8H3. The first-order valence-corrected chi connectivity index (χ1v) is 9.61. The summed E-state index contributed by atoms with van der Waals surface area (Å²) in [4.78, 5) is 12.4. The molecule has 0 N–H and O–H groups in total. The SMILES string of the molecule is CCC(C)OC(C)COC(=O)C(C)(CC)OCC(C)CCC(C)C. The van der Waals surface area contributed by atoms with Crippen molar-refractivity contribution in [2.24, 2.45) is 11.8 Å². The lowest BCUT2D eigenvalue weighted by molar-refractivity contribution is -0.177. The number of hydrogen-bond acceptors (Lipinski definition) is 4. The third-order valence-electron chi connectivity index (χ3n) is 4.52. The second-order valence-electron chi connectivity index (χ2n) is 7.74. The Morgan fingerprint density at radius 1 is 0.958 bits per heavy atom. The summed E-state index contributed by atoms with van der Waals surface area (Å²) in [5, 5.41) is 0. The summed E-state index contributed by atoms with van der Waals surface area (Å²) in [5.74, 6) is 0.848. The molecule has 0 saturated heterocycles. The fraction of sp³-hybridized carbons (Fsp3) is 0.950. The normalized spacial score (nSPS) is 18.0. The maximum Gasteiger partial charge on any atom is 0.338 e. The molecule has 0 spiro atoms. The smallest absolute Gasteiger partial charge is 0.338 e. The Morgan fingerprint density at radius 3 is 2.08 bits per heavy atom. The number of carbonyl (C=O) groups excluding carboxylic acids is 1. The minimum absolute atomic E-state index is 0.102. The molecule has 0 aliphatic carbocycles. The molecule has 144 valence electrons. The first-order chi connectivity index (χ1) is 11.1. The van der Waals surface area contributed by atoms with Crippen LogP contribution in [0.1, 0.15) is 81.1 Å². The number of rotatable bonds is 13. The number of carbonyl (C=O) groups is 1. The zero-order chi connectivity index (χ0) is 18.8. The van der Waals surface area contributed by atoms with Gasteiger partial charge in [-0.25, -0.2) is 4.79 Å². The van der Waals surface area contributed by atoms with E-state index < -0.39 is 5.60 Å². The van der Waals surface area contributed by atoms with Gasteiger partial charge in [-0.05, 0) is 51.9 Å². The van der Waals surface area contributed by atoms with Gasteiger partial charge in [0.1, 0.15) is 6.61 Å². The summed E-state index contributed by atoms with van der Waals surface area (Å²) in [6.07, 6.45) is 3.92. The highest BCUT2D eigenvalue weighted by Gasteiger charge is 2.35. The molecule has 0 rings (SSSR count). The second-order valence-corrected chi connectivity index (χ2v) is 7.74. The molecule has 4 atom stereocenters. The number of ether oxygens (including phenoxy) is 3. The first-order valence-electron chi connectivity index (χ1n) is 9.61. The van der Waals surface area contributed by atoms with E-state index in [0.717, 1.165) is 12.8 Å². The van der Waals surface area contributed by atoms with E-state index >= 15 is 0 Å². The van der Waals surface area contributed by atoms with Gasteiger partial charge < -0.3 is 14.2 Å². The second kappa shape index (κ2) is 11.9. The van der Waals surface area contributed by atoms with E-state index in [4.69, 9.17) is 14.2 Å². The van der Waals surface area contributed by atoms with Crippen LogP contribution >= 0.6 is 0 Å². The highest BCUT2D eigenvalue weighted by molar-refractivity contribution is 5.79. The molecule has 0 fully saturated rings. The van der Waals surface area contributed by atoms with Crippen LogP contribution in [0, 0.1) is 11.8 Å². The Labute approximate surface area is 149 Å². The maximum absolute atomic E-state index is 12.4. The Balaban J connectivity index is 4.33. The molecule has 0 amide bonds. The molecule has 0 aromatic rings. The molecule has 0 aliphatic heterocycles. The Bertz CT molecular complexity index is 343. The summed E-state index contributed by atoms with van der Waals surface area (Å²) in [7, 11) is 0. The molecule has 4 unspecified atom stereocenters. The maximum atomic E-state index is 12.4. The molecule has 0 aromatic heterocycles. The molecular weight excluding hydrogens is 304 g/mol. The van der Waals surface area contributed by atoms with Crippen LogP contribution in [0.2, 0.25) is 0 Å². The predicted octanol–water partition coefficient (Wildman–Crippen LogP) is 4.99. The zero-order valence-electron chi connectivity index (χ0n) is 17.2. The monoisotopic (exact) mass is 344 g/mol. The lowest BCUT2D eigenvalue weighted by Crippen LogP contribution is -2.41. The molecule has 0 radical (unpaired) electrons. The van der Waals surface area contributed by atoms with E-state index in [1.165, 1.54) is 6.42 Å². The topological polar surface area (TPSA) is 44.8 Å². The largest absolute Gasteiger partial charge is 0.461 e. The van der Waals surface area contributed by atoms with E-state index in [1.54, 1.807) is 0 Å². The van der Waals surface area contributed by atoms with Crippen molar-refractivity contribution in [2.75, 3.05) is 13.2 Å². The summed E-state index contributed by atoms with van der Waals surface area (Å²) in [6.45, 7) is 17.3. The van der Waals surface area contributed by atoms with Crippen molar-refractivity contribution in [3.05, 3.63) is 0 Å². The molecule has 4 heteroatoms. The van der Waals surface area contributed by atoms with Gasteiger partial charge in [0.15, 0.2) is 5.60 Å². The van der Waals surface area contributed by atoms with Crippen molar-refractivity contribution < 1.29 is 19.0 Å². The first kappa shape index (κ1) is 23.4. The van der Waals surface area contributed by atoms with Gasteiger partial charge in [0, 0.05) is 0 Å². The van der Waals surface area contributed by atoms with Crippen LogP contribution < -0.4 is 0 Å². The van der Waals surface area contributed by atoms with Crippen molar-refractivity contribution in [3.8, 4) is 0 Å². The highest BCUT2D eigenvalue weighted by atomic mass is 16.6. The lowest BCUT2D eigenvalue weighted by atomic mass is 9.99. The van der Waals surface area contributed by atoms with Crippen LogP contribution in [-0.4, -0.2) is 37.0 Å². The summed E-state index contributed by atoms with van der Waals surface area (Å²) in [6, 6.07) is 0. The minimum atomic E-state index is -0.873. The Morgan fingerprint density at radius 2 is 1.58 bits per heavy atom. The van der Waals surface area contributed by atoms with Crippen LogP contribution in [-0.2, 0) is 19.0 Å². The van der Waals surface area contributed by atoms with Crippen LogP contribution in [0.5, 0.6) is 0 Å². The Kier molecular flexibility index (Phi) is 11.6. The molecule has 0 aliphatic rings. The molecule has 0 bridgehead atoms. The number of esters is 1. The van der Waals surface area contributed by atoms with Crippen molar-refractivity contribution in [1.29, 1.82) is 0 Å². The fourth-order valence-electron chi connectivity index (χ4n) is 2.21. The van der Waals surface area contributed by atoms with Crippen LogP contribution in [0.15, 0.2) is 0 Å². The van der Waals surface area contributed by atoms with Gasteiger partial charge in [0.2, 0.25) is 0 Å². The van der Waals surface area contributed by atoms with Crippen LogP contribution in [0.4, 0.5) is 0 Å². The van der Waals surface area contributed by atoms with Gasteiger partial charge >= 0.3 is 5.97 Å². The van der Waals surface area contributed by atoms with Gasteiger partial charge in [0.25, 0.3) is 0 Å². The third-order valence-corrected chi connectivity index (χ3v) is 4.52. The van der Waals surface area contributed by atoms with E-state index in [-0.39, 0.29) is 24.8 Å². The summed E-state index contributed by atoms with van der Waals surface area (Å²) >= 11 is 0. The average molecular weight is 345 g/mol. The van der Waals surface area contributed by atoms with E-state index in [0.29, 0.717) is 24.9 Å². The molecular formula is C20H40O4. The minimum Gasteiger partial charge on any atom is -0.461 e. The van der Waals surface area contributed by atoms with E-state index in [1.807, 2.05) is 27.7 Å². The van der Waals surface area contributed by atoms with Gasteiger partial charge in [-0.2, -0.15) is 0 Å². The zero-order valence-corrected chi connectivity index (χ0v) is 17.2.